The summed E-state index contributed by atoms with van der Waals surface area (Å²) in [7, 11) is 3.72. The van der Waals surface area contributed by atoms with E-state index in [1.807, 2.05) is 27.1 Å². The predicted octanol–water partition coefficient (Wildman–Crippen LogP) is 1.27. The third kappa shape index (κ3) is 5.02. The third-order valence-electron chi connectivity index (χ3n) is 2.21. The van der Waals surface area contributed by atoms with Crippen molar-refractivity contribution in [1.82, 2.24) is 10.2 Å². The molecule has 0 aromatic rings. The summed E-state index contributed by atoms with van der Waals surface area (Å²) in [6, 6.07) is 0. The van der Waals surface area contributed by atoms with Gasteiger partial charge in [-0.2, -0.15) is 0 Å². The Morgan fingerprint density at radius 2 is 2.29 bits per heavy atom. The Hall–Kier alpha value is -0.830. The van der Waals surface area contributed by atoms with Crippen LogP contribution in [0.2, 0.25) is 0 Å². The van der Waals surface area contributed by atoms with Crippen LogP contribution in [0.4, 0.5) is 0 Å². The van der Waals surface area contributed by atoms with Crippen molar-refractivity contribution < 1.29 is 4.79 Å². The molecule has 14 heavy (non-hydrogen) atoms. The van der Waals surface area contributed by atoms with Gasteiger partial charge in [0.1, 0.15) is 0 Å². The maximum Gasteiger partial charge on any atom is 0.226 e. The Labute approximate surface area is 87.2 Å². The van der Waals surface area contributed by atoms with Crippen molar-refractivity contribution in [1.29, 1.82) is 0 Å². The summed E-state index contributed by atoms with van der Waals surface area (Å²) in [4.78, 5) is 13.5. The maximum atomic E-state index is 11.7. The molecular formula is C11H22N2O. The molecule has 82 valence electrons. The van der Waals surface area contributed by atoms with E-state index in [4.69, 9.17) is 0 Å². The molecule has 0 fully saturated rings. The zero-order chi connectivity index (χ0) is 11.0. The second-order valence-corrected chi connectivity index (χ2v) is 3.65. The van der Waals surface area contributed by atoms with Crippen LogP contribution in [0.25, 0.3) is 0 Å². The van der Waals surface area contributed by atoms with Crippen molar-refractivity contribution in [3.05, 3.63) is 12.7 Å². The zero-order valence-electron chi connectivity index (χ0n) is 9.55. The van der Waals surface area contributed by atoms with Gasteiger partial charge in [-0.05, 0) is 19.9 Å². The highest BCUT2D eigenvalue weighted by Gasteiger charge is 2.15. The lowest BCUT2D eigenvalue weighted by atomic mass is 10.1. The number of rotatable bonds is 7. The van der Waals surface area contributed by atoms with Crippen molar-refractivity contribution in [2.75, 3.05) is 27.2 Å². The summed E-state index contributed by atoms with van der Waals surface area (Å²) in [6.45, 7) is 7.16. The molecular weight excluding hydrogens is 176 g/mol. The lowest BCUT2D eigenvalue weighted by Crippen LogP contribution is -2.36. The number of unbranched alkanes of at least 4 members (excludes halogenated alkanes) is 1. The van der Waals surface area contributed by atoms with E-state index in [9.17, 15) is 4.79 Å². The molecule has 1 amide bonds. The molecule has 0 aliphatic rings. The molecule has 0 saturated carbocycles. The van der Waals surface area contributed by atoms with Gasteiger partial charge in [0, 0.05) is 26.1 Å². The number of hydrogen-bond donors (Lipinski definition) is 1. The van der Waals surface area contributed by atoms with Crippen LogP contribution >= 0.6 is 0 Å². The van der Waals surface area contributed by atoms with Gasteiger partial charge in [-0.3, -0.25) is 4.79 Å². The van der Waals surface area contributed by atoms with Crippen molar-refractivity contribution in [2.45, 2.75) is 19.8 Å². The molecule has 0 rings (SSSR count). The van der Waals surface area contributed by atoms with Gasteiger partial charge < -0.3 is 10.2 Å². The van der Waals surface area contributed by atoms with Crippen LogP contribution in [-0.4, -0.2) is 38.0 Å². The molecule has 0 heterocycles. The normalized spacial score (nSPS) is 12.2. The Kier molecular flexibility index (Phi) is 7.11. The van der Waals surface area contributed by atoms with Crippen molar-refractivity contribution in [3.8, 4) is 0 Å². The van der Waals surface area contributed by atoms with Crippen LogP contribution < -0.4 is 5.32 Å². The Morgan fingerprint density at radius 3 is 2.79 bits per heavy atom. The van der Waals surface area contributed by atoms with Gasteiger partial charge in [0.2, 0.25) is 5.91 Å². The van der Waals surface area contributed by atoms with Gasteiger partial charge in [0.15, 0.2) is 0 Å². The number of allylic oxidation sites excluding steroid dienone is 1. The molecule has 0 spiro atoms. The van der Waals surface area contributed by atoms with Crippen LogP contribution in [0.5, 0.6) is 0 Å². The highest BCUT2D eigenvalue weighted by atomic mass is 16.2. The van der Waals surface area contributed by atoms with Gasteiger partial charge in [-0.1, -0.05) is 13.0 Å². The summed E-state index contributed by atoms with van der Waals surface area (Å²) >= 11 is 0. The minimum absolute atomic E-state index is 0.0636. The largest absolute Gasteiger partial charge is 0.345 e. The fourth-order valence-corrected chi connectivity index (χ4v) is 1.35. The van der Waals surface area contributed by atoms with Gasteiger partial charge in [0.25, 0.3) is 0 Å². The molecule has 0 aliphatic carbocycles. The zero-order valence-corrected chi connectivity index (χ0v) is 9.55. The molecule has 3 heteroatoms. The quantitative estimate of drug-likeness (QED) is 0.493. The topological polar surface area (TPSA) is 32.3 Å². The van der Waals surface area contributed by atoms with Crippen molar-refractivity contribution in [2.24, 2.45) is 5.92 Å². The number of amides is 1. The molecule has 0 radical (unpaired) electrons. The fourth-order valence-electron chi connectivity index (χ4n) is 1.35. The molecule has 1 N–H and O–H groups in total. The Balaban J connectivity index is 3.79. The first-order valence-electron chi connectivity index (χ1n) is 5.14. The number of nitrogens with one attached hydrogen (secondary N) is 1. The molecule has 1 unspecified atom stereocenters. The summed E-state index contributed by atoms with van der Waals surface area (Å²) in [5.74, 6) is 0.275. The molecule has 0 aromatic heterocycles. The lowest BCUT2D eigenvalue weighted by Gasteiger charge is -2.20. The first-order valence-corrected chi connectivity index (χ1v) is 5.14. The van der Waals surface area contributed by atoms with E-state index < -0.39 is 0 Å². The lowest BCUT2D eigenvalue weighted by molar-refractivity contribution is -0.133. The van der Waals surface area contributed by atoms with Gasteiger partial charge in [0.05, 0.1) is 0 Å². The van der Waals surface area contributed by atoms with E-state index in [0.717, 1.165) is 25.9 Å². The van der Waals surface area contributed by atoms with Crippen LogP contribution in [-0.2, 0) is 4.79 Å². The van der Waals surface area contributed by atoms with Gasteiger partial charge in [-0.15, -0.1) is 6.58 Å². The van der Waals surface area contributed by atoms with Gasteiger partial charge >= 0.3 is 0 Å². The minimum atomic E-state index is 0.0636. The first kappa shape index (κ1) is 13.2. The van der Waals surface area contributed by atoms with Crippen LogP contribution in [0.1, 0.15) is 19.8 Å². The average molecular weight is 198 g/mol. The Bertz CT molecular complexity index is 180. The van der Waals surface area contributed by atoms with E-state index in [1.165, 1.54) is 0 Å². The number of carbonyl (C=O) groups excluding carboxylic acids is 1. The van der Waals surface area contributed by atoms with E-state index in [-0.39, 0.29) is 11.8 Å². The molecule has 3 nitrogen and oxygen atoms in total. The average Bonchev–Trinajstić information content (AvgIpc) is 2.17. The molecule has 0 aromatic carbocycles. The van der Waals surface area contributed by atoms with Crippen LogP contribution in [0.3, 0.4) is 0 Å². The smallest absolute Gasteiger partial charge is 0.226 e. The van der Waals surface area contributed by atoms with E-state index in [0.29, 0.717) is 0 Å². The van der Waals surface area contributed by atoms with Crippen molar-refractivity contribution in [3.63, 3.8) is 0 Å². The first-order chi connectivity index (χ1) is 6.63. The van der Waals surface area contributed by atoms with Gasteiger partial charge in [-0.25, -0.2) is 0 Å². The highest BCUT2D eigenvalue weighted by molar-refractivity contribution is 5.78. The molecule has 0 saturated heterocycles. The number of carbonyl (C=O) groups is 1. The second kappa shape index (κ2) is 7.56. The second-order valence-electron chi connectivity index (χ2n) is 3.65. The van der Waals surface area contributed by atoms with E-state index >= 15 is 0 Å². The summed E-state index contributed by atoms with van der Waals surface area (Å²) in [5.41, 5.74) is 0. The molecule has 0 aliphatic heterocycles. The number of nitrogens with zero attached hydrogens (tertiary/aromatic N) is 1. The fraction of sp³-hybridized carbons (Fsp3) is 0.727. The molecule has 0 bridgehead atoms. The van der Waals surface area contributed by atoms with Crippen molar-refractivity contribution >= 4 is 5.91 Å². The standard InChI is InChI=1S/C11H22N2O/c1-5-6-7-8-13(4)11(14)10(2)9-12-3/h5,10,12H,1,6-9H2,2-4H3. The van der Waals surface area contributed by atoms with Crippen LogP contribution in [0.15, 0.2) is 12.7 Å². The summed E-state index contributed by atoms with van der Waals surface area (Å²) in [5, 5.41) is 3.01. The summed E-state index contributed by atoms with van der Waals surface area (Å²) in [6.07, 6.45) is 3.85. The SMILES string of the molecule is C=CCCCN(C)C(=O)C(C)CNC. The van der Waals surface area contributed by atoms with Crippen LogP contribution in [0, 0.1) is 5.92 Å². The van der Waals surface area contributed by atoms with E-state index in [2.05, 4.69) is 11.9 Å². The highest BCUT2D eigenvalue weighted by Crippen LogP contribution is 2.01. The Morgan fingerprint density at radius 1 is 1.64 bits per heavy atom. The predicted molar refractivity (Wildman–Crippen MR) is 60.2 cm³/mol. The monoisotopic (exact) mass is 198 g/mol. The summed E-state index contributed by atoms with van der Waals surface area (Å²) < 4.78 is 0. The maximum absolute atomic E-state index is 11.7. The van der Waals surface area contributed by atoms with E-state index in [1.54, 1.807) is 4.90 Å². The molecule has 1 atom stereocenters. The third-order valence-corrected chi connectivity index (χ3v) is 2.21. The number of hydrogen-bond acceptors (Lipinski definition) is 2. The minimum Gasteiger partial charge on any atom is -0.345 e.